The molecule has 1 aromatic rings. The zero-order valence-corrected chi connectivity index (χ0v) is 18.8. The van der Waals surface area contributed by atoms with Crippen molar-refractivity contribution in [3.05, 3.63) is 35.4 Å². The van der Waals surface area contributed by atoms with Crippen LogP contribution < -0.4 is 5.32 Å². The molecule has 0 atom stereocenters. The van der Waals surface area contributed by atoms with Crippen molar-refractivity contribution < 1.29 is 18.0 Å². The number of hydrogen-bond donors (Lipinski definition) is 1. The molecule has 0 unspecified atom stereocenters. The Labute approximate surface area is 181 Å². The zero-order valence-electron chi connectivity index (χ0n) is 16.4. The molecular weight excluding hydrogens is 484 g/mol. The average Bonchev–Trinajstić information content (AvgIpc) is 2.62. The molecule has 1 saturated heterocycles. The standard InChI is InChI=1S/C19H27F3N4O.HI/c1-14-7-9-26(10-8-14)18(24-13-17(27)25(2)3)23-12-15-5-4-6-16(11-15)19(20,21)22;/h4-6,11,14H,7-10,12-13H2,1-3H3,(H,23,24);1H. The molecule has 1 fully saturated rings. The number of likely N-dealkylation sites (N-methyl/N-ethyl adjacent to an activating group) is 1. The fourth-order valence-electron chi connectivity index (χ4n) is 2.81. The minimum atomic E-state index is -4.37. The first-order chi connectivity index (χ1) is 12.7. The van der Waals surface area contributed by atoms with Gasteiger partial charge >= 0.3 is 6.18 Å². The number of carbonyl (C=O) groups excluding carboxylic acids is 1. The van der Waals surface area contributed by atoms with Gasteiger partial charge in [0.25, 0.3) is 0 Å². The van der Waals surface area contributed by atoms with Crippen molar-refractivity contribution >= 4 is 35.8 Å². The van der Waals surface area contributed by atoms with E-state index < -0.39 is 11.7 Å². The first kappa shape index (κ1) is 24.5. The number of benzene rings is 1. The SMILES string of the molecule is CC1CCN(C(=NCc2cccc(C(F)(F)F)c2)NCC(=O)N(C)C)CC1.I. The minimum Gasteiger partial charge on any atom is -0.347 e. The van der Waals surface area contributed by atoms with E-state index in [2.05, 4.69) is 22.1 Å². The van der Waals surface area contributed by atoms with Gasteiger partial charge in [-0.2, -0.15) is 13.2 Å². The average molecular weight is 512 g/mol. The summed E-state index contributed by atoms with van der Waals surface area (Å²) in [5.41, 5.74) is -0.201. The van der Waals surface area contributed by atoms with E-state index in [0.29, 0.717) is 17.4 Å². The number of hydrogen-bond acceptors (Lipinski definition) is 2. The van der Waals surface area contributed by atoms with Gasteiger partial charge in [-0.15, -0.1) is 24.0 Å². The van der Waals surface area contributed by atoms with Crippen molar-refractivity contribution in [2.45, 2.75) is 32.5 Å². The summed E-state index contributed by atoms with van der Waals surface area (Å²) in [7, 11) is 3.35. The van der Waals surface area contributed by atoms with Crippen molar-refractivity contribution in [1.82, 2.24) is 15.1 Å². The number of carbonyl (C=O) groups is 1. The quantitative estimate of drug-likeness (QED) is 0.381. The van der Waals surface area contributed by atoms with E-state index in [4.69, 9.17) is 0 Å². The van der Waals surface area contributed by atoms with Crippen molar-refractivity contribution in [2.75, 3.05) is 33.7 Å². The second-order valence-corrected chi connectivity index (χ2v) is 7.15. The Kier molecular flexibility index (Phi) is 9.52. The Balaban J connectivity index is 0.00000392. The fourth-order valence-corrected chi connectivity index (χ4v) is 2.81. The summed E-state index contributed by atoms with van der Waals surface area (Å²) in [6, 6.07) is 5.18. The van der Waals surface area contributed by atoms with Gasteiger partial charge < -0.3 is 15.1 Å². The molecule has 0 radical (unpaired) electrons. The number of amides is 1. The third-order valence-electron chi connectivity index (χ3n) is 4.65. The molecule has 0 saturated carbocycles. The molecule has 1 heterocycles. The van der Waals surface area contributed by atoms with Crippen LogP contribution in [0, 0.1) is 5.92 Å². The van der Waals surface area contributed by atoms with Crippen LogP contribution in [-0.2, 0) is 17.5 Å². The maximum atomic E-state index is 12.9. The Hall–Kier alpha value is -1.52. The van der Waals surface area contributed by atoms with E-state index in [0.717, 1.165) is 38.1 Å². The first-order valence-electron chi connectivity index (χ1n) is 9.06. The molecule has 5 nitrogen and oxygen atoms in total. The third-order valence-corrected chi connectivity index (χ3v) is 4.65. The summed E-state index contributed by atoms with van der Waals surface area (Å²) in [5, 5.41) is 3.06. The van der Waals surface area contributed by atoms with Crippen LogP contribution in [0.25, 0.3) is 0 Å². The lowest BCUT2D eigenvalue weighted by molar-refractivity contribution is -0.137. The molecule has 1 aliphatic heterocycles. The largest absolute Gasteiger partial charge is 0.416 e. The van der Waals surface area contributed by atoms with Crippen LogP contribution in [0.3, 0.4) is 0 Å². The normalized spacial score (nSPS) is 15.8. The second kappa shape index (κ2) is 10.9. The third kappa shape index (κ3) is 7.48. The molecule has 9 heteroatoms. The predicted molar refractivity (Wildman–Crippen MR) is 115 cm³/mol. The number of halogens is 4. The topological polar surface area (TPSA) is 47.9 Å². The van der Waals surface area contributed by atoms with Crippen LogP contribution in [0.4, 0.5) is 13.2 Å². The van der Waals surface area contributed by atoms with Gasteiger partial charge in [0.05, 0.1) is 18.7 Å². The predicted octanol–water partition coefficient (Wildman–Crippen LogP) is 3.59. The number of nitrogens with one attached hydrogen (secondary N) is 1. The van der Waals surface area contributed by atoms with E-state index >= 15 is 0 Å². The maximum Gasteiger partial charge on any atom is 0.416 e. The number of likely N-dealkylation sites (tertiary alicyclic amines) is 1. The van der Waals surface area contributed by atoms with Gasteiger partial charge in [-0.05, 0) is 36.5 Å². The van der Waals surface area contributed by atoms with Crippen LogP contribution in [0.5, 0.6) is 0 Å². The minimum absolute atomic E-state index is 0. The highest BCUT2D eigenvalue weighted by Gasteiger charge is 2.30. The number of aliphatic imine (C=N–C) groups is 1. The van der Waals surface area contributed by atoms with E-state index in [1.165, 1.54) is 11.0 Å². The zero-order chi connectivity index (χ0) is 20.0. The van der Waals surface area contributed by atoms with Gasteiger partial charge in [0.1, 0.15) is 0 Å². The van der Waals surface area contributed by atoms with Gasteiger partial charge in [-0.1, -0.05) is 19.1 Å². The van der Waals surface area contributed by atoms with Gasteiger partial charge in [0.15, 0.2) is 5.96 Å². The summed E-state index contributed by atoms with van der Waals surface area (Å²) in [6.07, 6.45) is -2.33. The van der Waals surface area contributed by atoms with Crippen molar-refractivity contribution in [3.63, 3.8) is 0 Å². The lowest BCUT2D eigenvalue weighted by atomic mass is 9.99. The molecule has 1 N–H and O–H groups in total. The number of guanidine groups is 1. The molecule has 1 amide bonds. The van der Waals surface area contributed by atoms with Crippen molar-refractivity contribution in [3.8, 4) is 0 Å². The fraction of sp³-hybridized carbons (Fsp3) is 0.579. The molecule has 0 aliphatic carbocycles. The first-order valence-corrected chi connectivity index (χ1v) is 9.06. The molecule has 0 spiro atoms. The summed E-state index contributed by atoms with van der Waals surface area (Å²) in [5.74, 6) is 1.11. The number of alkyl halides is 3. The highest BCUT2D eigenvalue weighted by atomic mass is 127. The molecular formula is C19H28F3IN4O. The summed E-state index contributed by atoms with van der Waals surface area (Å²) >= 11 is 0. The van der Waals surface area contributed by atoms with Crippen LogP contribution in [0.2, 0.25) is 0 Å². The van der Waals surface area contributed by atoms with Crippen LogP contribution in [-0.4, -0.2) is 55.4 Å². The van der Waals surface area contributed by atoms with E-state index in [1.807, 2.05) is 0 Å². The van der Waals surface area contributed by atoms with Crippen LogP contribution in [0.15, 0.2) is 29.3 Å². The number of piperidine rings is 1. The van der Waals surface area contributed by atoms with E-state index in [-0.39, 0.29) is 43.0 Å². The van der Waals surface area contributed by atoms with Crippen LogP contribution >= 0.6 is 24.0 Å². The summed E-state index contributed by atoms with van der Waals surface area (Å²) in [4.78, 5) is 19.9. The number of nitrogens with zero attached hydrogens (tertiary/aromatic N) is 3. The van der Waals surface area contributed by atoms with Crippen molar-refractivity contribution in [2.24, 2.45) is 10.9 Å². The molecule has 28 heavy (non-hydrogen) atoms. The molecule has 2 rings (SSSR count). The molecule has 1 aromatic carbocycles. The molecule has 158 valence electrons. The molecule has 0 bridgehead atoms. The summed E-state index contributed by atoms with van der Waals surface area (Å²) in [6.45, 7) is 4.03. The Morgan fingerprint density at radius 2 is 1.93 bits per heavy atom. The van der Waals surface area contributed by atoms with Gasteiger partial charge in [-0.25, -0.2) is 4.99 Å². The molecule has 0 aromatic heterocycles. The second-order valence-electron chi connectivity index (χ2n) is 7.15. The number of rotatable bonds is 4. The Morgan fingerprint density at radius 1 is 1.29 bits per heavy atom. The lowest BCUT2D eigenvalue weighted by Gasteiger charge is -2.33. The lowest BCUT2D eigenvalue weighted by Crippen LogP contribution is -2.48. The van der Waals surface area contributed by atoms with Gasteiger partial charge in [0, 0.05) is 27.2 Å². The van der Waals surface area contributed by atoms with E-state index in [9.17, 15) is 18.0 Å². The van der Waals surface area contributed by atoms with Gasteiger partial charge in [-0.3, -0.25) is 4.79 Å². The molecule has 1 aliphatic rings. The Bertz CT molecular complexity index is 671. The van der Waals surface area contributed by atoms with Crippen molar-refractivity contribution in [1.29, 1.82) is 0 Å². The Morgan fingerprint density at radius 3 is 2.50 bits per heavy atom. The van der Waals surface area contributed by atoms with Gasteiger partial charge in [0.2, 0.25) is 5.91 Å². The highest BCUT2D eigenvalue weighted by molar-refractivity contribution is 14.0. The highest BCUT2D eigenvalue weighted by Crippen LogP contribution is 2.29. The van der Waals surface area contributed by atoms with E-state index in [1.54, 1.807) is 20.2 Å². The smallest absolute Gasteiger partial charge is 0.347 e. The maximum absolute atomic E-state index is 12.9. The summed E-state index contributed by atoms with van der Waals surface area (Å²) < 4.78 is 38.6. The monoisotopic (exact) mass is 512 g/mol. The van der Waals surface area contributed by atoms with Crippen LogP contribution in [0.1, 0.15) is 30.9 Å².